The van der Waals surface area contributed by atoms with Gasteiger partial charge in [-0.05, 0) is 66.7 Å². The van der Waals surface area contributed by atoms with Crippen molar-refractivity contribution in [3.05, 3.63) is 101 Å². The topological polar surface area (TPSA) is 55.4 Å². The van der Waals surface area contributed by atoms with Crippen LogP contribution in [0, 0.1) is 0 Å². The van der Waals surface area contributed by atoms with Crippen LogP contribution in [-0.2, 0) is 4.79 Å². The molecule has 3 aromatic carbocycles. The lowest BCUT2D eigenvalue weighted by atomic mass is 10.1. The first-order chi connectivity index (χ1) is 13.1. The standard InChI is InChI=1S/C22H16BrNO3/c23-17-8-6-16(7-9-17)21(25)14-15-22(26)24-18-10-12-20(13-11-18)27-19-4-2-1-3-5-19/h1-15H,(H,24,26)/b15-14+. The van der Waals surface area contributed by atoms with Crippen LogP contribution in [0.1, 0.15) is 10.4 Å². The van der Waals surface area contributed by atoms with Crippen LogP contribution in [0.4, 0.5) is 5.69 Å². The Bertz CT molecular complexity index is 949. The van der Waals surface area contributed by atoms with Gasteiger partial charge in [0.05, 0.1) is 0 Å². The van der Waals surface area contributed by atoms with Crippen LogP contribution in [0.3, 0.4) is 0 Å². The highest BCUT2D eigenvalue weighted by molar-refractivity contribution is 9.10. The van der Waals surface area contributed by atoms with E-state index in [4.69, 9.17) is 4.74 Å². The molecule has 3 rings (SSSR count). The zero-order valence-electron chi connectivity index (χ0n) is 14.3. The van der Waals surface area contributed by atoms with E-state index in [-0.39, 0.29) is 11.7 Å². The molecule has 5 heteroatoms. The average Bonchev–Trinajstić information content (AvgIpc) is 2.69. The Morgan fingerprint density at radius 1 is 0.778 bits per heavy atom. The van der Waals surface area contributed by atoms with Gasteiger partial charge < -0.3 is 10.1 Å². The summed E-state index contributed by atoms with van der Waals surface area (Å²) in [5.41, 5.74) is 1.13. The number of para-hydroxylation sites is 1. The molecule has 0 aliphatic heterocycles. The Morgan fingerprint density at radius 2 is 1.41 bits per heavy atom. The van der Waals surface area contributed by atoms with Gasteiger partial charge in [-0.2, -0.15) is 0 Å². The predicted octanol–water partition coefficient (Wildman–Crippen LogP) is 5.62. The Hall–Kier alpha value is -3.18. The van der Waals surface area contributed by atoms with Crippen molar-refractivity contribution in [2.24, 2.45) is 0 Å². The van der Waals surface area contributed by atoms with Gasteiger partial charge in [0.1, 0.15) is 11.5 Å². The molecule has 27 heavy (non-hydrogen) atoms. The number of anilines is 1. The highest BCUT2D eigenvalue weighted by atomic mass is 79.9. The largest absolute Gasteiger partial charge is 0.457 e. The summed E-state index contributed by atoms with van der Waals surface area (Å²) in [6.45, 7) is 0. The van der Waals surface area contributed by atoms with Gasteiger partial charge in [-0.1, -0.05) is 34.1 Å². The maximum absolute atomic E-state index is 12.0. The van der Waals surface area contributed by atoms with E-state index in [0.717, 1.165) is 10.2 Å². The van der Waals surface area contributed by atoms with Gasteiger partial charge in [-0.3, -0.25) is 9.59 Å². The van der Waals surface area contributed by atoms with Gasteiger partial charge in [0.25, 0.3) is 0 Å². The van der Waals surface area contributed by atoms with E-state index in [0.29, 0.717) is 17.0 Å². The maximum atomic E-state index is 12.0. The van der Waals surface area contributed by atoms with Crippen LogP contribution in [0.5, 0.6) is 11.5 Å². The molecule has 0 atom stereocenters. The molecule has 0 aliphatic carbocycles. The number of ketones is 1. The zero-order chi connectivity index (χ0) is 19.1. The predicted molar refractivity (Wildman–Crippen MR) is 109 cm³/mol. The molecule has 0 saturated heterocycles. The molecule has 0 radical (unpaired) electrons. The second-order valence-corrected chi connectivity index (χ2v) is 6.55. The van der Waals surface area contributed by atoms with Crippen molar-refractivity contribution in [2.75, 3.05) is 5.32 Å². The first-order valence-corrected chi connectivity index (χ1v) is 9.01. The first-order valence-electron chi connectivity index (χ1n) is 8.22. The van der Waals surface area contributed by atoms with Crippen LogP contribution in [0.2, 0.25) is 0 Å². The molecule has 0 spiro atoms. The molecule has 3 aromatic rings. The van der Waals surface area contributed by atoms with Gasteiger partial charge in [0, 0.05) is 21.8 Å². The van der Waals surface area contributed by atoms with Gasteiger partial charge >= 0.3 is 0 Å². The Morgan fingerprint density at radius 3 is 2.07 bits per heavy atom. The summed E-state index contributed by atoms with van der Waals surface area (Å²) in [5.74, 6) is 0.797. The summed E-state index contributed by atoms with van der Waals surface area (Å²) >= 11 is 3.31. The molecule has 0 heterocycles. The third kappa shape index (κ3) is 5.66. The van der Waals surface area contributed by atoms with Crippen molar-refractivity contribution in [3.63, 3.8) is 0 Å². The molecular formula is C22H16BrNO3. The van der Waals surface area contributed by atoms with Gasteiger partial charge in [-0.25, -0.2) is 0 Å². The van der Waals surface area contributed by atoms with Crippen molar-refractivity contribution < 1.29 is 14.3 Å². The minimum absolute atomic E-state index is 0.232. The third-order valence-electron chi connectivity index (χ3n) is 3.62. The molecule has 0 aromatic heterocycles. The Kier molecular flexibility index (Phi) is 6.18. The third-order valence-corrected chi connectivity index (χ3v) is 4.14. The van der Waals surface area contributed by atoms with Crippen LogP contribution in [0.15, 0.2) is 95.5 Å². The SMILES string of the molecule is O=C(/C=C/C(=O)c1ccc(Br)cc1)Nc1ccc(Oc2ccccc2)cc1. The maximum Gasteiger partial charge on any atom is 0.248 e. The number of benzene rings is 3. The second kappa shape index (κ2) is 8.96. The summed E-state index contributed by atoms with van der Waals surface area (Å²) < 4.78 is 6.59. The summed E-state index contributed by atoms with van der Waals surface area (Å²) in [6, 6.07) is 23.4. The highest BCUT2D eigenvalue weighted by Gasteiger charge is 2.04. The fourth-order valence-electron chi connectivity index (χ4n) is 2.28. The fourth-order valence-corrected chi connectivity index (χ4v) is 2.54. The van der Waals surface area contributed by atoms with E-state index >= 15 is 0 Å². The zero-order valence-corrected chi connectivity index (χ0v) is 15.8. The van der Waals surface area contributed by atoms with E-state index in [1.54, 1.807) is 48.5 Å². The summed E-state index contributed by atoms with van der Waals surface area (Å²) in [4.78, 5) is 24.0. The lowest BCUT2D eigenvalue weighted by Gasteiger charge is -2.07. The molecule has 0 saturated carbocycles. The number of ether oxygens (including phenoxy) is 1. The molecular weight excluding hydrogens is 406 g/mol. The molecule has 0 bridgehead atoms. The average molecular weight is 422 g/mol. The molecule has 0 unspecified atom stereocenters. The van der Waals surface area contributed by atoms with Crippen molar-refractivity contribution in [3.8, 4) is 11.5 Å². The number of carbonyl (C=O) groups excluding carboxylic acids is 2. The van der Waals surface area contributed by atoms with Crippen molar-refractivity contribution in [2.45, 2.75) is 0 Å². The van der Waals surface area contributed by atoms with E-state index < -0.39 is 0 Å². The summed E-state index contributed by atoms with van der Waals surface area (Å²) in [6.07, 6.45) is 2.48. The quantitative estimate of drug-likeness (QED) is 0.415. The number of rotatable bonds is 6. The molecule has 1 N–H and O–H groups in total. The number of halogens is 1. The van der Waals surface area contributed by atoms with E-state index in [1.807, 2.05) is 30.3 Å². The second-order valence-electron chi connectivity index (χ2n) is 5.63. The molecule has 1 amide bonds. The van der Waals surface area contributed by atoms with Crippen LogP contribution in [-0.4, -0.2) is 11.7 Å². The van der Waals surface area contributed by atoms with Crippen LogP contribution < -0.4 is 10.1 Å². The number of allylic oxidation sites excluding steroid dienone is 1. The fraction of sp³-hybridized carbons (Fsp3) is 0. The van der Waals surface area contributed by atoms with Crippen molar-refractivity contribution >= 4 is 33.3 Å². The Balaban J connectivity index is 1.56. The number of hydrogen-bond acceptors (Lipinski definition) is 3. The lowest BCUT2D eigenvalue weighted by molar-refractivity contribution is -0.111. The lowest BCUT2D eigenvalue weighted by Crippen LogP contribution is -2.08. The van der Waals surface area contributed by atoms with E-state index in [1.165, 1.54) is 12.2 Å². The monoisotopic (exact) mass is 421 g/mol. The van der Waals surface area contributed by atoms with Gasteiger partial charge in [-0.15, -0.1) is 0 Å². The minimum Gasteiger partial charge on any atom is -0.457 e. The minimum atomic E-state index is -0.378. The van der Waals surface area contributed by atoms with Gasteiger partial charge in [0.2, 0.25) is 5.91 Å². The van der Waals surface area contributed by atoms with Gasteiger partial charge in [0.15, 0.2) is 5.78 Å². The smallest absolute Gasteiger partial charge is 0.248 e. The molecule has 0 fully saturated rings. The van der Waals surface area contributed by atoms with E-state index in [9.17, 15) is 9.59 Å². The molecule has 4 nitrogen and oxygen atoms in total. The van der Waals surface area contributed by atoms with Crippen molar-refractivity contribution in [1.82, 2.24) is 0 Å². The molecule has 134 valence electrons. The van der Waals surface area contributed by atoms with Crippen LogP contribution in [0.25, 0.3) is 0 Å². The summed E-state index contributed by atoms with van der Waals surface area (Å²) in [5, 5.41) is 2.71. The summed E-state index contributed by atoms with van der Waals surface area (Å²) in [7, 11) is 0. The Labute approximate surface area is 165 Å². The van der Waals surface area contributed by atoms with E-state index in [2.05, 4.69) is 21.2 Å². The molecule has 0 aliphatic rings. The first kappa shape index (κ1) is 18.6. The number of nitrogens with one attached hydrogen (secondary N) is 1. The number of amides is 1. The van der Waals surface area contributed by atoms with Crippen molar-refractivity contribution in [1.29, 1.82) is 0 Å². The number of carbonyl (C=O) groups is 2. The number of hydrogen-bond donors (Lipinski definition) is 1. The van der Waals surface area contributed by atoms with Crippen LogP contribution >= 0.6 is 15.9 Å². The normalized spacial score (nSPS) is 10.6. The highest BCUT2D eigenvalue weighted by Crippen LogP contribution is 2.22.